The van der Waals surface area contributed by atoms with E-state index >= 15 is 0 Å². The number of hydrogen-bond acceptors (Lipinski definition) is 6. The molecular weight excluding hydrogens is 378 g/mol. The molecule has 0 aliphatic rings. The topological polar surface area (TPSA) is 57.0 Å². The Bertz CT molecular complexity index is 854. The molecule has 7 heteroatoms. The van der Waals surface area contributed by atoms with Crippen LogP contribution in [0.3, 0.4) is 0 Å². The average molecular weight is 400 g/mol. The van der Waals surface area contributed by atoms with Crippen molar-refractivity contribution in [3.8, 4) is 5.69 Å². The lowest BCUT2D eigenvalue weighted by Gasteiger charge is -2.10. The summed E-state index contributed by atoms with van der Waals surface area (Å²) in [7, 11) is 0. The third-order valence-electron chi connectivity index (χ3n) is 3.61. The molecule has 0 aliphatic heterocycles. The van der Waals surface area contributed by atoms with Gasteiger partial charge < -0.3 is 4.74 Å². The van der Waals surface area contributed by atoms with Gasteiger partial charge in [-0.15, -0.1) is 22.0 Å². The Labute approximate surface area is 167 Å². The second-order valence-corrected chi connectivity index (χ2v) is 7.67. The zero-order chi connectivity index (χ0) is 18.9. The van der Waals surface area contributed by atoms with E-state index in [0.29, 0.717) is 17.5 Å². The number of hydrogen-bond donors (Lipinski definition) is 0. The summed E-state index contributed by atoms with van der Waals surface area (Å²) >= 11 is 3.06. The fourth-order valence-electron chi connectivity index (χ4n) is 2.37. The molecule has 1 aromatic heterocycles. The highest BCUT2D eigenvalue weighted by molar-refractivity contribution is 7.99. The summed E-state index contributed by atoms with van der Waals surface area (Å²) in [6, 6.07) is 20.2. The van der Waals surface area contributed by atoms with Gasteiger partial charge in [-0.1, -0.05) is 55.1 Å². The van der Waals surface area contributed by atoms with Crippen molar-refractivity contribution in [2.45, 2.75) is 29.1 Å². The van der Waals surface area contributed by atoms with Crippen molar-refractivity contribution < 1.29 is 9.53 Å². The molecule has 0 saturated heterocycles. The molecule has 3 rings (SSSR count). The summed E-state index contributed by atoms with van der Waals surface area (Å²) in [5, 5.41) is 9.37. The SMILES string of the molecule is CCCOC(=O)CSc1nnc(CSc2ccccc2)n1-c1ccccc1. The molecule has 140 valence electrons. The van der Waals surface area contributed by atoms with Gasteiger partial charge in [0.2, 0.25) is 0 Å². The van der Waals surface area contributed by atoms with Gasteiger partial charge in [0.05, 0.1) is 18.1 Å². The van der Waals surface area contributed by atoms with E-state index in [2.05, 4.69) is 22.3 Å². The minimum absolute atomic E-state index is 0.219. The molecular formula is C20H21N3O2S2. The fourth-order valence-corrected chi connectivity index (χ4v) is 3.97. The summed E-state index contributed by atoms with van der Waals surface area (Å²) in [6.07, 6.45) is 0.817. The average Bonchev–Trinajstić information content (AvgIpc) is 3.13. The first kappa shape index (κ1) is 19.5. The number of para-hydroxylation sites is 1. The van der Waals surface area contributed by atoms with E-state index in [1.807, 2.05) is 60.0 Å². The minimum Gasteiger partial charge on any atom is -0.465 e. The summed E-state index contributed by atoms with van der Waals surface area (Å²) in [6.45, 7) is 2.42. The van der Waals surface area contributed by atoms with Crippen LogP contribution in [0, 0.1) is 0 Å². The van der Waals surface area contributed by atoms with Crippen molar-refractivity contribution in [2.75, 3.05) is 12.4 Å². The Balaban J connectivity index is 1.77. The van der Waals surface area contributed by atoms with Gasteiger partial charge >= 0.3 is 5.97 Å². The highest BCUT2D eigenvalue weighted by atomic mass is 32.2. The number of rotatable bonds is 9. The second kappa shape index (κ2) is 10.2. The molecule has 0 bridgehead atoms. The quantitative estimate of drug-likeness (QED) is 0.387. The third kappa shape index (κ3) is 5.61. The zero-order valence-corrected chi connectivity index (χ0v) is 16.7. The molecule has 0 amide bonds. The number of thioether (sulfide) groups is 2. The number of ether oxygens (including phenoxy) is 1. The van der Waals surface area contributed by atoms with Crippen molar-refractivity contribution >= 4 is 29.5 Å². The number of carbonyl (C=O) groups excluding carboxylic acids is 1. The van der Waals surface area contributed by atoms with Gasteiger partial charge in [-0.25, -0.2) is 0 Å². The van der Waals surface area contributed by atoms with Crippen LogP contribution >= 0.6 is 23.5 Å². The van der Waals surface area contributed by atoms with Crippen molar-refractivity contribution in [2.24, 2.45) is 0 Å². The van der Waals surface area contributed by atoms with Crippen molar-refractivity contribution in [1.29, 1.82) is 0 Å². The van der Waals surface area contributed by atoms with Gasteiger partial charge in [0.1, 0.15) is 5.82 Å². The monoisotopic (exact) mass is 399 g/mol. The summed E-state index contributed by atoms with van der Waals surface area (Å²) in [4.78, 5) is 13.0. The van der Waals surface area contributed by atoms with Crippen molar-refractivity contribution in [3.63, 3.8) is 0 Å². The Morgan fingerprint density at radius 2 is 1.70 bits per heavy atom. The molecule has 0 spiro atoms. The van der Waals surface area contributed by atoms with Gasteiger partial charge in [-0.2, -0.15) is 0 Å². The maximum Gasteiger partial charge on any atom is 0.316 e. The van der Waals surface area contributed by atoms with Crippen LogP contribution in [0.4, 0.5) is 0 Å². The maximum atomic E-state index is 11.8. The van der Waals surface area contributed by atoms with E-state index in [1.165, 1.54) is 16.7 Å². The van der Waals surface area contributed by atoms with Crippen LogP contribution in [0.25, 0.3) is 5.69 Å². The van der Waals surface area contributed by atoms with Crippen LogP contribution in [0.15, 0.2) is 70.7 Å². The van der Waals surface area contributed by atoms with Gasteiger partial charge in [-0.05, 0) is 30.7 Å². The molecule has 0 unspecified atom stereocenters. The lowest BCUT2D eigenvalue weighted by molar-refractivity contribution is -0.140. The van der Waals surface area contributed by atoms with Crippen LogP contribution < -0.4 is 0 Å². The molecule has 2 aromatic carbocycles. The van der Waals surface area contributed by atoms with E-state index < -0.39 is 0 Å². The number of nitrogens with zero attached hydrogens (tertiary/aromatic N) is 3. The van der Waals surface area contributed by atoms with Crippen LogP contribution in [0.1, 0.15) is 19.2 Å². The smallest absolute Gasteiger partial charge is 0.316 e. The number of carbonyl (C=O) groups is 1. The second-order valence-electron chi connectivity index (χ2n) is 5.68. The Morgan fingerprint density at radius 3 is 2.41 bits per heavy atom. The third-order valence-corrected chi connectivity index (χ3v) is 5.52. The van der Waals surface area contributed by atoms with E-state index in [9.17, 15) is 4.79 Å². The predicted octanol–water partition coefficient (Wildman–Crippen LogP) is 4.60. The van der Waals surface area contributed by atoms with E-state index in [0.717, 1.165) is 17.9 Å². The fraction of sp³-hybridized carbons (Fsp3) is 0.250. The maximum absolute atomic E-state index is 11.8. The summed E-state index contributed by atoms with van der Waals surface area (Å²) < 4.78 is 7.16. The van der Waals surface area contributed by atoms with Crippen molar-refractivity contribution in [1.82, 2.24) is 14.8 Å². The molecule has 0 aliphatic carbocycles. The lowest BCUT2D eigenvalue weighted by Crippen LogP contribution is -2.09. The highest BCUT2D eigenvalue weighted by Crippen LogP contribution is 2.27. The first-order valence-corrected chi connectivity index (χ1v) is 10.7. The van der Waals surface area contributed by atoms with Crippen LogP contribution in [0.2, 0.25) is 0 Å². The Morgan fingerprint density at radius 1 is 1.00 bits per heavy atom. The van der Waals surface area contributed by atoms with Crippen LogP contribution in [-0.2, 0) is 15.3 Å². The lowest BCUT2D eigenvalue weighted by atomic mass is 10.3. The van der Waals surface area contributed by atoms with Gasteiger partial charge in [0.15, 0.2) is 5.16 Å². The largest absolute Gasteiger partial charge is 0.465 e. The Hall–Kier alpha value is -2.25. The summed E-state index contributed by atoms with van der Waals surface area (Å²) in [5.74, 6) is 1.52. The first-order chi connectivity index (χ1) is 13.3. The van der Waals surface area contributed by atoms with Gasteiger partial charge in [0, 0.05) is 10.6 Å². The van der Waals surface area contributed by atoms with Crippen LogP contribution in [0.5, 0.6) is 0 Å². The van der Waals surface area contributed by atoms with Crippen LogP contribution in [-0.4, -0.2) is 33.1 Å². The molecule has 1 heterocycles. The molecule has 0 atom stereocenters. The van der Waals surface area contributed by atoms with E-state index in [-0.39, 0.29) is 11.7 Å². The van der Waals surface area contributed by atoms with Crippen molar-refractivity contribution in [3.05, 3.63) is 66.5 Å². The molecule has 27 heavy (non-hydrogen) atoms. The predicted molar refractivity (Wildman–Crippen MR) is 109 cm³/mol. The minimum atomic E-state index is -0.232. The molecule has 0 fully saturated rings. The number of esters is 1. The molecule has 3 aromatic rings. The highest BCUT2D eigenvalue weighted by Gasteiger charge is 2.16. The standard InChI is InChI=1S/C20H21N3O2S2/c1-2-13-25-19(24)15-27-20-22-21-18(14-26-17-11-7-4-8-12-17)23(20)16-9-5-3-6-10-16/h3-12H,2,13-15H2,1H3. The van der Waals surface area contributed by atoms with Gasteiger partial charge in [0.25, 0.3) is 0 Å². The zero-order valence-electron chi connectivity index (χ0n) is 15.1. The number of benzene rings is 2. The molecule has 0 N–H and O–H groups in total. The molecule has 5 nitrogen and oxygen atoms in total. The molecule has 0 saturated carbocycles. The van der Waals surface area contributed by atoms with E-state index in [1.54, 1.807) is 11.8 Å². The van der Waals surface area contributed by atoms with Gasteiger partial charge in [-0.3, -0.25) is 9.36 Å². The van der Waals surface area contributed by atoms with E-state index in [4.69, 9.17) is 4.74 Å². The number of aromatic nitrogens is 3. The Kier molecular flexibility index (Phi) is 7.36. The summed E-state index contributed by atoms with van der Waals surface area (Å²) in [5.41, 5.74) is 0.982. The molecule has 0 radical (unpaired) electrons. The first-order valence-electron chi connectivity index (χ1n) is 8.74. The normalized spacial score (nSPS) is 10.7.